The molecule has 0 aliphatic rings. The fourth-order valence-corrected chi connectivity index (χ4v) is 3.65. The van der Waals surface area contributed by atoms with Gasteiger partial charge in [0.25, 0.3) is 16.5 Å². The smallest absolute Gasteiger partial charge is 0.453 e. The monoisotopic (exact) mass is 510 g/mol. The van der Waals surface area contributed by atoms with Gasteiger partial charge in [-0.05, 0) is 60.7 Å². The molecule has 0 N–H and O–H groups in total. The van der Waals surface area contributed by atoms with Crippen molar-refractivity contribution in [1.82, 2.24) is 0 Å². The van der Waals surface area contributed by atoms with E-state index in [0.717, 1.165) is 5.39 Å². The lowest BCUT2D eigenvalue weighted by molar-refractivity contribution is -0.0120. The zero-order valence-electron chi connectivity index (χ0n) is 17.1. The van der Waals surface area contributed by atoms with E-state index >= 15 is 0 Å². The fraction of sp³-hybridized carbons (Fsp3) is 0.0455. The molecule has 0 aliphatic heterocycles. The highest BCUT2D eigenvalue weighted by molar-refractivity contribution is 7.91. The van der Waals surface area contributed by atoms with E-state index in [1.54, 1.807) is 18.2 Å². The van der Waals surface area contributed by atoms with E-state index in [9.17, 15) is 20.4 Å². The average Bonchev–Trinajstić information content (AvgIpc) is 3.18. The first kappa shape index (κ1) is 23.4. The number of fused-ring (bicyclic) bond motifs is 1. The van der Waals surface area contributed by atoms with Crippen LogP contribution in [0.1, 0.15) is 12.1 Å². The summed E-state index contributed by atoms with van der Waals surface area (Å²) in [5.41, 5.74) is 0.587. The van der Waals surface area contributed by atoms with Crippen LogP contribution in [0, 0.1) is 0 Å². The molecule has 0 bridgehead atoms. The highest BCUT2D eigenvalue weighted by atomic mass is 32.3. The number of ether oxygens (including phenoxy) is 2. The molecule has 0 fully saturated rings. The van der Waals surface area contributed by atoms with Crippen LogP contribution in [-0.2, 0) is 20.7 Å². The van der Waals surface area contributed by atoms with Gasteiger partial charge in [0.2, 0.25) is 0 Å². The lowest BCUT2D eigenvalue weighted by Gasteiger charge is -2.19. The van der Waals surface area contributed by atoms with E-state index < -0.39 is 27.0 Å². The molecular formula is C22H16F2O8S2. The van der Waals surface area contributed by atoms with Crippen molar-refractivity contribution in [3.8, 4) is 23.0 Å². The molecule has 0 saturated heterocycles. The number of furan rings is 1. The second-order valence-electron chi connectivity index (χ2n) is 6.80. The van der Waals surface area contributed by atoms with E-state index in [0.29, 0.717) is 11.3 Å². The summed E-state index contributed by atoms with van der Waals surface area (Å²) in [7, 11) is -9.34. The van der Waals surface area contributed by atoms with Crippen LogP contribution in [0.2, 0.25) is 0 Å². The van der Waals surface area contributed by atoms with Crippen molar-refractivity contribution < 1.29 is 42.7 Å². The van der Waals surface area contributed by atoms with Gasteiger partial charge in [-0.25, -0.2) is 0 Å². The van der Waals surface area contributed by atoms with Crippen molar-refractivity contribution >= 4 is 37.5 Å². The summed E-state index contributed by atoms with van der Waals surface area (Å²) in [6, 6.07) is 19.6. The summed E-state index contributed by atoms with van der Waals surface area (Å²) < 4.78 is 84.5. The van der Waals surface area contributed by atoms with Crippen LogP contribution in [0.4, 0.5) is 7.77 Å². The Morgan fingerprint density at radius 3 is 1.74 bits per heavy atom. The van der Waals surface area contributed by atoms with Crippen LogP contribution in [0.3, 0.4) is 0 Å². The molecule has 0 saturated carbocycles. The van der Waals surface area contributed by atoms with Crippen molar-refractivity contribution in [1.29, 1.82) is 0 Å². The SMILES string of the molecule is C=S(=O)(F)Oc1ccc(OC(Oc2ccc(OS(=O)(=O)F)cc2)c2cc3ccccc3o2)cc1. The Balaban J connectivity index is 1.59. The molecule has 4 aromatic rings. The molecule has 2 atom stereocenters. The maximum absolute atomic E-state index is 13.1. The number of rotatable bonds is 9. The number of halogens is 2. The van der Waals surface area contributed by atoms with Crippen molar-refractivity contribution in [3.63, 3.8) is 0 Å². The Morgan fingerprint density at radius 1 is 0.735 bits per heavy atom. The van der Waals surface area contributed by atoms with Crippen LogP contribution in [0.25, 0.3) is 11.0 Å². The Kier molecular flexibility index (Phi) is 6.35. The summed E-state index contributed by atoms with van der Waals surface area (Å²) in [5.74, 6) is 3.32. The molecule has 4 rings (SSSR count). The summed E-state index contributed by atoms with van der Waals surface area (Å²) in [6.07, 6.45) is -1.12. The highest BCUT2D eigenvalue weighted by Gasteiger charge is 2.21. The minimum atomic E-state index is -5.16. The van der Waals surface area contributed by atoms with E-state index in [1.165, 1.54) is 48.5 Å². The van der Waals surface area contributed by atoms with Crippen LogP contribution in [0.5, 0.6) is 23.0 Å². The van der Waals surface area contributed by atoms with Gasteiger partial charge in [0.15, 0.2) is 5.76 Å². The minimum Gasteiger partial charge on any atom is -0.453 e. The van der Waals surface area contributed by atoms with Gasteiger partial charge in [-0.2, -0.15) is 12.6 Å². The van der Waals surface area contributed by atoms with Gasteiger partial charge >= 0.3 is 10.5 Å². The zero-order valence-corrected chi connectivity index (χ0v) is 18.8. The van der Waals surface area contributed by atoms with Crippen LogP contribution < -0.4 is 17.8 Å². The molecule has 1 aromatic heterocycles. The second kappa shape index (κ2) is 9.23. The van der Waals surface area contributed by atoms with Gasteiger partial charge < -0.3 is 22.3 Å². The fourth-order valence-electron chi connectivity index (χ4n) is 2.91. The lowest BCUT2D eigenvalue weighted by atomic mass is 10.2. The molecule has 178 valence electrons. The Morgan fingerprint density at radius 2 is 1.24 bits per heavy atom. The normalized spacial score (nSPS) is 14.2. The third-order valence-corrected chi connectivity index (χ3v) is 5.06. The van der Waals surface area contributed by atoms with E-state index in [-0.39, 0.29) is 23.0 Å². The van der Waals surface area contributed by atoms with Gasteiger partial charge in [0, 0.05) is 11.3 Å². The average molecular weight is 510 g/mol. The molecule has 3 aromatic carbocycles. The van der Waals surface area contributed by atoms with Gasteiger partial charge in [-0.1, -0.05) is 22.1 Å². The number of benzene rings is 3. The van der Waals surface area contributed by atoms with Crippen LogP contribution in [-0.4, -0.2) is 18.5 Å². The number of hydrogen-bond donors (Lipinski definition) is 0. The lowest BCUT2D eigenvalue weighted by Crippen LogP contribution is -2.14. The summed E-state index contributed by atoms with van der Waals surface area (Å²) in [6.45, 7) is 0. The topological polar surface area (TPSA) is 101 Å². The largest absolute Gasteiger partial charge is 0.488 e. The first-order valence-corrected chi connectivity index (χ1v) is 12.3. The molecule has 0 amide bonds. The van der Waals surface area contributed by atoms with Crippen LogP contribution in [0.15, 0.2) is 83.3 Å². The summed E-state index contributed by atoms with van der Waals surface area (Å²) >= 11 is 0. The second-order valence-corrected chi connectivity index (χ2v) is 8.99. The standard InChI is InChI=1S/C22H16F2O8S2/c1-33(23,25)31-18-10-6-16(7-11-18)28-22(21-14-15-4-2-3-5-20(15)30-21)29-17-8-12-19(13-9-17)32-34(24,26)27/h2-14,22H,1H2. The Hall–Kier alpha value is -3.77. The quantitative estimate of drug-likeness (QED) is 0.175. The van der Waals surface area contributed by atoms with Crippen molar-refractivity contribution in [3.05, 3.63) is 84.6 Å². The molecule has 8 nitrogen and oxygen atoms in total. The first-order valence-electron chi connectivity index (χ1n) is 9.46. The predicted molar refractivity (Wildman–Crippen MR) is 121 cm³/mol. The summed E-state index contributed by atoms with van der Waals surface area (Å²) in [4.78, 5) is 0. The number of para-hydroxylation sites is 1. The van der Waals surface area contributed by atoms with Crippen molar-refractivity contribution in [2.75, 3.05) is 0 Å². The maximum Gasteiger partial charge on any atom is 0.488 e. The zero-order chi connectivity index (χ0) is 24.3. The van der Waals surface area contributed by atoms with E-state index in [4.69, 9.17) is 13.9 Å². The third-order valence-electron chi connectivity index (χ3n) is 4.23. The molecule has 0 aliphatic carbocycles. The molecule has 1 heterocycles. The van der Waals surface area contributed by atoms with Gasteiger partial charge in [-0.3, -0.25) is 0 Å². The molecule has 12 heteroatoms. The molecule has 2 unspecified atom stereocenters. The highest BCUT2D eigenvalue weighted by Crippen LogP contribution is 2.32. The predicted octanol–water partition coefficient (Wildman–Crippen LogP) is 5.08. The van der Waals surface area contributed by atoms with Gasteiger partial charge in [0.1, 0.15) is 28.6 Å². The molecule has 0 radical (unpaired) electrons. The molecular weight excluding hydrogens is 494 g/mol. The minimum absolute atomic E-state index is 0.0190. The van der Waals surface area contributed by atoms with E-state index in [2.05, 4.69) is 14.2 Å². The van der Waals surface area contributed by atoms with Gasteiger partial charge in [-0.15, -0.1) is 3.89 Å². The van der Waals surface area contributed by atoms with Crippen molar-refractivity contribution in [2.24, 2.45) is 0 Å². The van der Waals surface area contributed by atoms with Crippen LogP contribution >= 0.6 is 0 Å². The van der Waals surface area contributed by atoms with Gasteiger partial charge in [0.05, 0.1) is 0 Å². The molecule has 0 spiro atoms. The Bertz CT molecular complexity index is 1380. The summed E-state index contributed by atoms with van der Waals surface area (Å²) in [5, 5.41) is 0.795. The maximum atomic E-state index is 13.1. The molecule has 34 heavy (non-hydrogen) atoms. The Labute approximate surface area is 194 Å². The van der Waals surface area contributed by atoms with Crippen molar-refractivity contribution in [2.45, 2.75) is 6.29 Å². The first-order chi connectivity index (χ1) is 16.0. The van der Waals surface area contributed by atoms with E-state index in [1.807, 2.05) is 12.1 Å². The third kappa shape index (κ3) is 6.39. The number of hydrogen-bond acceptors (Lipinski definition) is 8.